The average molecular weight is 295 g/mol. The molecule has 1 N–H and O–H groups in total. The Morgan fingerprint density at radius 1 is 1.27 bits per heavy atom. The molecule has 0 spiro atoms. The van der Waals surface area contributed by atoms with Gasteiger partial charge in [-0.05, 0) is 30.7 Å². The van der Waals surface area contributed by atoms with Gasteiger partial charge in [0.1, 0.15) is 12.3 Å². The molecule has 0 unspecified atom stereocenters. The lowest BCUT2D eigenvalue weighted by Gasteiger charge is -2.09. The quantitative estimate of drug-likeness (QED) is 0.943. The number of amides is 1. The van der Waals surface area contributed by atoms with Gasteiger partial charge in [0.15, 0.2) is 0 Å². The minimum absolute atomic E-state index is 0.162. The Kier molecular flexibility index (Phi) is 4.14. The summed E-state index contributed by atoms with van der Waals surface area (Å²) in [5, 5.41) is 2.87. The number of carbonyl (C=O) groups is 1. The van der Waals surface area contributed by atoms with Gasteiger partial charge in [-0.3, -0.25) is 4.79 Å². The number of carbonyl (C=O) groups excluding carboxylic acids is 1. The van der Waals surface area contributed by atoms with Gasteiger partial charge in [-0.15, -0.1) is 0 Å². The van der Waals surface area contributed by atoms with E-state index in [2.05, 4.69) is 22.2 Å². The number of rotatable bonds is 4. The summed E-state index contributed by atoms with van der Waals surface area (Å²) in [7, 11) is 0. The van der Waals surface area contributed by atoms with Crippen LogP contribution in [0.15, 0.2) is 53.7 Å². The zero-order valence-electron chi connectivity index (χ0n) is 12.3. The van der Waals surface area contributed by atoms with Crippen LogP contribution in [0.1, 0.15) is 29.4 Å². The van der Waals surface area contributed by atoms with Crippen molar-refractivity contribution in [1.82, 2.24) is 4.98 Å². The van der Waals surface area contributed by atoms with Crippen molar-refractivity contribution in [1.29, 1.82) is 0 Å². The van der Waals surface area contributed by atoms with Crippen LogP contribution < -0.4 is 5.32 Å². The van der Waals surface area contributed by atoms with Crippen molar-refractivity contribution in [2.24, 2.45) is 4.99 Å². The Balaban J connectivity index is 1.85. The van der Waals surface area contributed by atoms with Gasteiger partial charge in [0.25, 0.3) is 5.91 Å². The fourth-order valence-corrected chi connectivity index (χ4v) is 2.21. The molecule has 1 aliphatic heterocycles. The molecule has 1 aromatic carbocycles. The SMILES string of the molecule is CC[C@H]1COC(c2ncccc2NC(=O)c2ccccc2)=N1. The monoisotopic (exact) mass is 295 g/mol. The highest BCUT2D eigenvalue weighted by atomic mass is 16.5. The molecule has 3 rings (SSSR count). The smallest absolute Gasteiger partial charge is 0.255 e. The largest absolute Gasteiger partial charge is 0.474 e. The zero-order valence-corrected chi connectivity index (χ0v) is 12.3. The lowest BCUT2D eigenvalue weighted by molar-refractivity contribution is 0.102. The third kappa shape index (κ3) is 2.98. The number of nitrogens with one attached hydrogen (secondary N) is 1. The van der Waals surface area contributed by atoms with Crippen LogP contribution >= 0.6 is 0 Å². The normalized spacial score (nSPS) is 16.8. The van der Waals surface area contributed by atoms with E-state index in [0.29, 0.717) is 29.4 Å². The molecule has 112 valence electrons. The van der Waals surface area contributed by atoms with Gasteiger partial charge in [-0.25, -0.2) is 9.98 Å². The number of anilines is 1. The fraction of sp³-hybridized carbons (Fsp3) is 0.235. The average Bonchev–Trinajstić information content (AvgIpc) is 3.05. The van der Waals surface area contributed by atoms with Crippen LogP contribution in [0.25, 0.3) is 0 Å². The summed E-state index contributed by atoms with van der Waals surface area (Å²) in [6.07, 6.45) is 2.58. The van der Waals surface area contributed by atoms with Crippen LogP contribution in [0.3, 0.4) is 0 Å². The maximum absolute atomic E-state index is 12.3. The standard InChI is InChI=1S/C17H17N3O2/c1-2-13-11-22-17(19-13)15-14(9-6-10-18-15)20-16(21)12-7-4-3-5-8-12/h3-10,13H,2,11H2,1H3,(H,20,21)/t13-/m0/s1. The molecule has 2 heterocycles. The van der Waals surface area contributed by atoms with Crippen LogP contribution in [0, 0.1) is 0 Å². The molecule has 5 nitrogen and oxygen atoms in total. The molecule has 0 radical (unpaired) electrons. The Morgan fingerprint density at radius 2 is 2.09 bits per heavy atom. The molecule has 5 heteroatoms. The summed E-state index contributed by atoms with van der Waals surface area (Å²) in [5.74, 6) is 0.316. The second-order valence-corrected chi connectivity index (χ2v) is 5.03. The Labute approximate surface area is 129 Å². The van der Waals surface area contributed by atoms with Gasteiger partial charge in [0, 0.05) is 11.8 Å². The molecule has 0 saturated heterocycles. The fourth-order valence-electron chi connectivity index (χ4n) is 2.21. The van der Waals surface area contributed by atoms with E-state index in [0.717, 1.165) is 6.42 Å². The summed E-state index contributed by atoms with van der Waals surface area (Å²) in [5.41, 5.74) is 1.77. The van der Waals surface area contributed by atoms with E-state index in [1.807, 2.05) is 18.2 Å². The minimum Gasteiger partial charge on any atom is -0.474 e. The lowest BCUT2D eigenvalue weighted by Crippen LogP contribution is -2.16. The first-order valence-electron chi connectivity index (χ1n) is 7.30. The molecule has 0 fully saturated rings. The van der Waals surface area contributed by atoms with Gasteiger partial charge < -0.3 is 10.1 Å². The van der Waals surface area contributed by atoms with E-state index in [-0.39, 0.29) is 11.9 Å². The molecular formula is C17H17N3O2. The van der Waals surface area contributed by atoms with Crippen LogP contribution in [0.4, 0.5) is 5.69 Å². The topological polar surface area (TPSA) is 63.6 Å². The molecule has 1 amide bonds. The van der Waals surface area contributed by atoms with Crippen molar-refractivity contribution >= 4 is 17.5 Å². The highest BCUT2D eigenvalue weighted by Crippen LogP contribution is 2.20. The van der Waals surface area contributed by atoms with E-state index >= 15 is 0 Å². The summed E-state index contributed by atoms with van der Waals surface area (Å²) in [6.45, 7) is 2.63. The molecule has 1 aromatic heterocycles. The van der Waals surface area contributed by atoms with Gasteiger partial charge >= 0.3 is 0 Å². The Bertz CT molecular complexity index is 698. The van der Waals surface area contributed by atoms with Gasteiger partial charge in [-0.2, -0.15) is 0 Å². The summed E-state index contributed by atoms with van der Waals surface area (Å²) in [6, 6.07) is 12.8. The Hall–Kier alpha value is -2.69. The van der Waals surface area contributed by atoms with Gasteiger partial charge in [-0.1, -0.05) is 25.1 Å². The highest BCUT2D eigenvalue weighted by molar-refractivity contribution is 6.08. The zero-order chi connectivity index (χ0) is 15.4. The van der Waals surface area contributed by atoms with Crippen LogP contribution in [-0.2, 0) is 4.74 Å². The molecular weight excluding hydrogens is 278 g/mol. The number of aliphatic imine (C=N–C) groups is 1. The molecule has 0 saturated carbocycles. The molecule has 2 aromatic rings. The summed E-state index contributed by atoms with van der Waals surface area (Å²) < 4.78 is 5.61. The summed E-state index contributed by atoms with van der Waals surface area (Å²) in [4.78, 5) is 21.1. The molecule has 0 aliphatic carbocycles. The molecule has 1 atom stereocenters. The first-order chi connectivity index (χ1) is 10.8. The molecule has 1 aliphatic rings. The number of nitrogens with zero attached hydrogens (tertiary/aromatic N) is 2. The van der Waals surface area contributed by atoms with Crippen molar-refractivity contribution in [3.8, 4) is 0 Å². The van der Waals surface area contributed by atoms with Gasteiger partial charge in [0.2, 0.25) is 5.90 Å². The third-order valence-electron chi connectivity index (χ3n) is 3.48. The number of aromatic nitrogens is 1. The number of hydrogen-bond acceptors (Lipinski definition) is 4. The maximum atomic E-state index is 12.3. The predicted molar refractivity (Wildman–Crippen MR) is 85.2 cm³/mol. The lowest BCUT2D eigenvalue weighted by atomic mass is 10.2. The molecule has 22 heavy (non-hydrogen) atoms. The summed E-state index contributed by atoms with van der Waals surface area (Å²) >= 11 is 0. The number of hydrogen-bond donors (Lipinski definition) is 1. The van der Waals surface area contributed by atoms with Crippen molar-refractivity contribution in [3.63, 3.8) is 0 Å². The number of pyridine rings is 1. The first-order valence-corrected chi connectivity index (χ1v) is 7.30. The van der Waals surface area contributed by atoms with Crippen LogP contribution in [0.5, 0.6) is 0 Å². The first kappa shape index (κ1) is 14.3. The highest BCUT2D eigenvalue weighted by Gasteiger charge is 2.22. The van der Waals surface area contributed by atoms with E-state index in [9.17, 15) is 4.79 Å². The van der Waals surface area contributed by atoms with Crippen molar-refractivity contribution in [2.75, 3.05) is 11.9 Å². The van der Waals surface area contributed by atoms with E-state index < -0.39 is 0 Å². The van der Waals surface area contributed by atoms with Crippen molar-refractivity contribution < 1.29 is 9.53 Å². The van der Waals surface area contributed by atoms with Crippen molar-refractivity contribution in [3.05, 3.63) is 59.9 Å². The minimum atomic E-state index is -0.180. The molecule has 0 bridgehead atoms. The Morgan fingerprint density at radius 3 is 2.82 bits per heavy atom. The van der Waals surface area contributed by atoms with E-state index in [1.54, 1.807) is 30.5 Å². The third-order valence-corrected chi connectivity index (χ3v) is 3.48. The predicted octanol–water partition coefficient (Wildman–Crippen LogP) is 2.89. The van der Waals surface area contributed by atoms with Crippen molar-refractivity contribution in [2.45, 2.75) is 19.4 Å². The number of benzene rings is 1. The second kappa shape index (κ2) is 6.39. The van der Waals surface area contributed by atoms with E-state index in [1.165, 1.54) is 0 Å². The van der Waals surface area contributed by atoms with E-state index in [4.69, 9.17) is 4.74 Å². The number of ether oxygens (including phenoxy) is 1. The van der Waals surface area contributed by atoms with Crippen LogP contribution in [0.2, 0.25) is 0 Å². The van der Waals surface area contributed by atoms with Gasteiger partial charge in [0.05, 0.1) is 11.7 Å². The second-order valence-electron chi connectivity index (χ2n) is 5.03. The van der Waals surface area contributed by atoms with Crippen LogP contribution in [-0.4, -0.2) is 29.4 Å². The maximum Gasteiger partial charge on any atom is 0.255 e.